The Kier molecular flexibility index (Phi) is 4.24. The number of carbonyl (C=O) groups excluding carboxylic acids is 1. The van der Waals surface area contributed by atoms with E-state index in [2.05, 4.69) is 15.6 Å². The molecule has 0 fully saturated rings. The summed E-state index contributed by atoms with van der Waals surface area (Å²) in [6.07, 6.45) is -2.69. The van der Waals surface area contributed by atoms with Crippen LogP contribution in [0.4, 0.5) is 13.2 Å². The lowest BCUT2D eigenvalue weighted by atomic mass is 10.1. The van der Waals surface area contributed by atoms with Gasteiger partial charge >= 0.3 is 6.18 Å². The molecule has 1 atom stereocenters. The van der Waals surface area contributed by atoms with Gasteiger partial charge in [0.25, 0.3) is 5.91 Å². The zero-order valence-electron chi connectivity index (χ0n) is 9.98. The first-order valence-corrected chi connectivity index (χ1v) is 7.61. The Hall–Kier alpha value is -1.67. The predicted octanol–water partition coefficient (Wildman–Crippen LogP) is 3.57. The molecule has 2 rings (SSSR count). The Bertz CT molecular complexity index is 638. The van der Waals surface area contributed by atoms with Crippen molar-refractivity contribution in [3.05, 3.63) is 46.4 Å². The molecule has 3 nitrogen and oxygen atoms in total. The van der Waals surface area contributed by atoms with Crippen molar-refractivity contribution in [3.63, 3.8) is 0 Å². The number of nitrogens with one attached hydrogen (secondary N) is 1. The minimum absolute atomic E-state index is 0.503. The van der Waals surface area contributed by atoms with Gasteiger partial charge in [-0.05, 0) is 17.5 Å². The minimum Gasteiger partial charge on any atom is -0.298 e. The van der Waals surface area contributed by atoms with Crippen molar-refractivity contribution >= 4 is 33.8 Å². The fraction of sp³-hybridized carbons (Fsp3) is 0.0833. The van der Waals surface area contributed by atoms with Crippen LogP contribution >= 0.6 is 22.0 Å². The van der Waals surface area contributed by atoms with Gasteiger partial charge in [-0.2, -0.15) is 24.5 Å². The second kappa shape index (κ2) is 5.76. The average Bonchev–Trinajstić information content (AvgIpc) is 2.91. The summed E-state index contributed by atoms with van der Waals surface area (Å²) in [5, 5.41) is 3.59. The summed E-state index contributed by atoms with van der Waals surface area (Å²) >= 11 is 1.42. The van der Waals surface area contributed by atoms with Gasteiger partial charge in [0.05, 0.1) is 11.1 Å². The van der Waals surface area contributed by atoms with Gasteiger partial charge in [0.2, 0.25) is 0 Å². The molecule has 0 aliphatic carbocycles. The number of nitrogens with zero attached hydrogens (tertiary/aromatic N) is 1. The standard InChI is InChI=1S/C12H9F3N2OS2/c1-20(8-3-5-19-7-8)17-11(18)9-6-16-4-2-10(9)12(13,14)15/h2-7H,1H2,(H,17,18). The van der Waals surface area contributed by atoms with Crippen LogP contribution in [0, 0.1) is 0 Å². The highest BCUT2D eigenvalue weighted by molar-refractivity contribution is 8.13. The van der Waals surface area contributed by atoms with Gasteiger partial charge in [0.1, 0.15) is 0 Å². The van der Waals surface area contributed by atoms with E-state index in [1.54, 1.807) is 16.8 Å². The molecule has 1 amide bonds. The second-order valence-electron chi connectivity index (χ2n) is 3.70. The molecule has 0 bridgehead atoms. The SMILES string of the molecule is C=S(NC(=O)c1cnccc1C(F)(F)F)c1ccsc1. The molecule has 2 aromatic heterocycles. The summed E-state index contributed by atoms with van der Waals surface area (Å²) in [5.74, 6) is 2.90. The van der Waals surface area contributed by atoms with E-state index in [9.17, 15) is 18.0 Å². The first kappa shape index (κ1) is 14.7. The number of aromatic nitrogens is 1. The number of pyridine rings is 1. The summed E-state index contributed by atoms with van der Waals surface area (Å²) in [6, 6.07) is 2.54. The minimum atomic E-state index is -4.60. The van der Waals surface area contributed by atoms with Crippen LogP contribution in [0.5, 0.6) is 0 Å². The molecule has 1 N–H and O–H groups in total. The molecule has 106 valence electrons. The summed E-state index contributed by atoms with van der Waals surface area (Å²) in [4.78, 5) is 16.3. The molecular weight excluding hydrogens is 309 g/mol. The zero-order chi connectivity index (χ0) is 14.8. The van der Waals surface area contributed by atoms with Gasteiger partial charge in [-0.3, -0.25) is 14.5 Å². The number of hydrogen-bond acceptors (Lipinski definition) is 3. The number of amides is 1. The Labute approximate surface area is 119 Å². The maximum absolute atomic E-state index is 12.8. The van der Waals surface area contributed by atoms with Crippen LogP contribution in [-0.4, -0.2) is 16.8 Å². The van der Waals surface area contributed by atoms with Crippen LogP contribution in [0.25, 0.3) is 0 Å². The predicted molar refractivity (Wildman–Crippen MR) is 74.0 cm³/mol. The van der Waals surface area contributed by atoms with Gasteiger partial charge in [0, 0.05) is 22.7 Å². The molecule has 0 saturated carbocycles. The van der Waals surface area contributed by atoms with Gasteiger partial charge in [0.15, 0.2) is 0 Å². The molecule has 8 heteroatoms. The van der Waals surface area contributed by atoms with Gasteiger partial charge in [-0.15, -0.1) is 0 Å². The summed E-state index contributed by atoms with van der Waals surface area (Å²) < 4.78 is 40.9. The quantitative estimate of drug-likeness (QED) is 0.879. The summed E-state index contributed by atoms with van der Waals surface area (Å²) in [7, 11) is -0.902. The highest BCUT2D eigenvalue weighted by atomic mass is 32.2. The molecule has 0 radical (unpaired) electrons. The Morgan fingerprint density at radius 1 is 1.40 bits per heavy atom. The molecule has 0 aliphatic heterocycles. The Morgan fingerprint density at radius 3 is 2.75 bits per heavy atom. The molecule has 0 aromatic carbocycles. The normalized spacial score (nSPS) is 12.9. The Balaban J connectivity index is 2.24. The molecule has 20 heavy (non-hydrogen) atoms. The van der Waals surface area contributed by atoms with Crippen molar-refractivity contribution in [1.29, 1.82) is 0 Å². The fourth-order valence-corrected chi connectivity index (χ4v) is 3.36. The smallest absolute Gasteiger partial charge is 0.298 e. The number of carbonyl (C=O) groups is 1. The topological polar surface area (TPSA) is 42.0 Å². The van der Waals surface area contributed by atoms with Crippen LogP contribution in [0.15, 0.2) is 40.2 Å². The van der Waals surface area contributed by atoms with Crippen LogP contribution in [0.3, 0.4) is 0 Å². The van der Waals surface area contributed by atoms with E-state index in [1.165, 1.54) is 11.3 Å². The van der Waals surface area contributed by atoms with Crippen LogP contribution in [0.2, 0.25) is 0 Å². The first-order valence-electron chi connectivity index (χ1n) is 5.28. The van der Waals surface area contributed by atoms with Crippen molar-refractivity contribution in [3.8, 4) is 0 Å². The van der Waals surface area contributed by atoms with Gasteiger partial charge in [-0.25, -0.2) is 0 Å². The number of thiophene rings is 1. The van der Waals surface area contributed by atoms with E-state index in [1.807, 2.05) is 0 Å². The van der Waals surface area contributed by atoms with Crippen LogP contribution in [-0.2, 0) is 6.18 Å². The van der Waals surface area contributed by atoms with Crippen molar-refractivity contribution in [2.75, 3.05) is 0 Å². The van der Waals surface area contributed by atoms with Crippen LogP contribution in [0.1, 0.15) is 15.9 Å². The van der Waals surface area contributed by atoms with E-state index in [4.69, 9.17) is 0 Å². The lowest BCUT2D eigenvalue weighted by molar-refractivity contribution is -0.138. The van der Waals surface area contributed by atoms with E-state index >= 15 is 0 Å². The van der Waals surface area contributed by atoms with E-state index in [0.29, 0.717) is 0 Å². The zero-order valence-corrected chi connectivity index (χ0v) is 11.6. The van der Waals surface area contributed by atoms with Crippen molar-refractivity contribution in [1.82, 2.24) is 9.71 Å². The number of hydrogen-bond donors (Lipinski definition) is 1. The van der Waals surface area contributed by atoms with E-state index in [0.717, 1.165) is 23.4 Å². The fourth-order valence-electron chi connectivity index (χ4n) is 1.44. The van der Waals surface area contributed by atoms with Gasteiger partial charge < -0.3 is 0 Å². The highest BCUT2D eigenvalue weighted by Gasteiger charge is 2.35. The Morgan fingerprint density at radius 2 is 2.15 bits per heavy atom. The number of halogens is 3. The lowest BCUT2D eigenvalue weighted by Gasteiger charge is -2.13. The third-order valence-electron chi connectivity index (χ3n) is 2.37. The molecule has 0 spiro atoms. The summed E-state index contributed by atoms with van der Waals surface area (Å²) in [5.41, 5.74) is -1.51. The van der Waals surface area contributed by atoms with Crippen molar-refractivity contribution in [2.45, 2.75) is 11.1 Å². The average molecular weight is 318 g/mol. The molecular formula is C12H9F3N2OS2. The lowest BCUT2D eigenvalue weighted by Crippen LogP contribution is -2.22. The largest absolute Gasteiger partial charge is 0.417 e. The van der Waals surface area contributed by atoms with E-state index < -0.39 is 33.9 Å². The monoisotopic (exact) mass is 318 g/mol. The van der Waals surface area contributed by atoms with Crippen molar-refractivity contribution in [2.24, 2.45) is 0 Å². The third-order valence-corrected chi connectivity index (χ3v) is 4.45. The third kappa shape index (κ3) is 3.26. The number of alkyl halides is 3. The first-order chi connectivity index (χ1) is 9.39. The maximum atomic E-state index is 12.8. The maximum Gasteiger partial charge on any atom is 0.417 e. The molecule has 2 heterocycles. The molecule has 2 aromatic rings. The molecule has 0 saturated heterocycles. The van der Waals surface area contributed by atoms with Crippen molar-refractivity contribution < 1.29 is 18.0 Å². The highest BCUT2D eigenvalue weighted by Crippen LogP contribution is 2.32. The summed E-state index contributed by atoms with van der Waals surface area (Å²) in [6.45, 7) is 0. The second-order valence-corrected chi connectivity index (χ2v) is 5.94. The van der Waals surface area contributed by atoms with Crippen LogP contribution < -0.4 is 4.72 Å². The molecule has 1 unspecified atom stereocenters. The van der Waals surface area contributed by atoms with E-state index in [-0.39, 0.29) is 0 Å². The number of rotatable bonds is 3. The molecule has 0 aliphatic rings. The van der Waals surface area contributed by atoms with Gasteiger partial charge in [-0.1, -0.05) is 16.5 Å².